The molecule has 0 spiro atoms. The van der Waals surface area contributed by atoms with Gasteiger partial charge in [-0.1, -0.05) is 15.9 Å². The van der Waals surface area contributed by atoms with Crippen LogP contribution < -0.4 is 14.8 Å². The summed E-state index contributed by atoms with van der Waals surface area (Å²) in [6.07, 6.45) is -4.98. The van der Waals surface area contributed by atoms with Crippen LogP contribution in [-0.4, -0.2) is 51.5 Å². The molecule has 1 heterocycles. The third-order valence-corrected chi connectivity index (χ3v) is 4.84. The van der Waals surface area contributed by atoms with Gasteiger partial charge in [-0.3, -0.25) is 4.90 Å². The highest BCUT2D eigenvalue weighted by molar-refractivity contribution is 9.10. The minimum Gasteiger partial charge on any atom is -0.493 e. The van der Waals surface area contributed by atoms with Gasteiger partial charge in [-0.05, 0) is 24.1 Å². The van der Waals surface area contributed by atoms with Crippen molar-refractivity contribution in [3.63, 3.8) is 0 Å². The normalized spacial score (nSPS) is 16.9. The molecule has 1 saturated heterocycles. The summed E-state index contributed by atoms with van der Waals surface area (Å²) in [6.45, 7) is 2.97. The predicted molar refractivity (Wildman–Crippen MR) is 97.0 cm³/mol. The molecule has 0 amide bonds. The number of alkyl halides is 3. The fraction of sp³-hybridized carbons (Fsp3) is 0.625. The molecule has 144 valence electrons. The Bertz CT molecular complexity index is 555. The van der Waals surface area contributed by atoms with Crippen LogP contribution in [0.1, 0.15) is 24.4 Å². The zero-order chi connectivity index (χ0) is 17.7. The summed E-state index contributed by atoms with van der Waals surface area (Å²) in [6, 6.07) is 3.19. The average Bonchev–Trinajstić information content (AvgIpc) is 2.55. The molecular formula is C16H23BrClF3N2O2. The first-order valence-corrected chi connectivity index (χ1v) is 8.58. The van der Waals surface area contributed by atoms with Crippen molar-refractivity contribution in [1.82, 2.24) is 10.2 Å². The van der Waals surface area contributed by atoms with E-state index in [4.69, 9.17) is 9.47 Å². The average molecular weight is 448 g/mol. The standard InChI is InChI=1S/C16H22BrF3N2O2.ClH/c1-23-14-9-11(12(17)10-15(14)24-2)13(3-4-16(18,19)20)22-7-5-21-6-8-22;/h9-10,13,21H,3-8H2,1-2H3;1H/t13-;/m0./s1. The third-order valence-electron chi connectivity index (χ3n) is 4.16. The van der Waals surface area contributed by atoms with Gasteiger partial charge in [0, 0.05) is 43.1 Å². The van der Waals surface area contributed by atoms with Crippen molar-refractivity contribution in [2.75, 3.05) is 40.4 Å². The minimum absolute atomic E-state index is 0. The highest BCUT2D eigenvalue weighted by Gasteiger charge is 2.32. The van der Waals surface area contributed by atoms with Gasteiger partial charge in [-0.2, -0.15) is 13.2 Å². The van der Waals surface area contributed by atoms with E-state index in [0.717, 1.165) is 23.1 Å². The van der Waals surface area contributed by atoms with E-state index >= 15 is 0 Å². The lowest BCUT2D eigenvalue weighted by molar-refractivity contribution is -0.138. The molecule has 0 radical (unpaired) electrons. The fourth-order valence-corrected chi connectivity index (χ4v) is 3.54. The molecule has 0 bridgehead atoms. The Balaban J connectivity index is 0.00000312. The van der Waals surface area contributed by atoms with Gasteiger partial charge in [0.05, 0.1) is 14.2 Å². The largest absolute Gasteiger partial charge is 0.493 e. The summed E-state index contributed by atoms with van der Waals surface area (Å²) >= 11 is 3.48. The Labute approximate surface area is 160 Å². The molecule has 1 aliphatic rings. The van der Waals surface area contributed by atoms with Crippen LogP contribution in [0.25, 0.3) is 0 Å². The second-order valence-corrected chi connectivity index (χ2v) is 6.54. The van der Waals surface area contributed by atoms with E-state index < -0.39 is 12.6 Å². The quantitative estimate of drug-likeness (QED) is 0.709. The number of benzene rings is 1. The number of nitrogens with one attached hydrogen (secondary N) is 1. The van der Waals surface area contributed by atoms with Crippen molar-refractivity contribution in [2.24, 2.45) is 0 Å². The Morgan fingerprint density at radius 1 is 1.16 bits per heavy atom. The van der Waals surface area contributed by atoms with E-state index in [9.17, 15) is 13.2 Å². The molecule has 1 aromatic carbocycles. The topological polar surface area (TPSA) is 33.7 Å². The van der Waals surface area contributed by atoms with Gasteiger partial charge >= 0.3 is 6.18 Å². The van der Waals surface area contributed by atoms with Crippen LogP contribution in [0.5, 0.6) is 11.5 Å². The number of nitrogens with zero attached hydrogens (tertiary/aromatic N) is 1. The van der Waals surface area contributed by atoms with Crippen molar-refractivity contribution in [3.8, 4) is 11.5 Å². The molecule has 1 N–H and O–H groups in total. The van der Waals surface area contributed by atoms with Crippen molar-refractivity contribution in [1.29, 1.82) is 0 Å². The summed E-state index contributed by atoms with van der Waals surface area (Å²) in [7, 11) is 3.05. The second-order valence-electron chi connectivity index (χ2n) is 5.68. The first-order valence-electron chi connectivity index (χ1n) is 7.78. The Morgan fingerprint density at radius 3 is 2.24 bits per heavy atom. The lowest BCUT2D eigenvalue weighted by atomic mass is 9.98. The van der Waals surface area contributed by atoms with Crippen LogP contribution in [0.15, 0.2) is 16.6 Å². The number of ether oxygens (including phenoxy) is 2. The number of methoxy groups -OCH3 is 2. The maximum atomic E-state index is 12.8. The summed E-state index contributed by atoms with van der Waals surface area (Å²) < 4.78 is 49.6. The van der Waals surface area contributed by atoms with E-state index in [1.54, 1.807) is 12.1 Å². The lowest BCUT2D eigenvalue weighted by Gasteiger charge is -2.36. The van der Waals surface area contributed by atoms with Crippen molar-refractivity contribution < 1.29 is 22.6 Å². The molecule has 1 fully saturated rings. The van der Waals surface area contributed by atoms with Crippen LogP contribution in [0, 0.1) is 0 Å². The molecule has 9 heteroatoms. The van der Waals surface area contributed by atoms with Gasteiger partial charge in [0.1, 0.15) is 0 Å². The summed E-state index contributed by atoms with van der Waals surface area (Å²) in [5.41, 5.74) is 0.791. The second kappa shape index (κ2) is 9.85. The van der Waals surface area contributed by atoms with Gasteiger partial charge in [0.25, 0.3) is 0 Å². The van der Waals surface area contributed by atoms with Gasteiger partial charge in [0.15, 0.2) is 11.5 Å². The van der Waals surface area contributed by atoms with E-state index in [1.807, 2.05) is 0 Å². The number of rotatable bonds is 6. The van der Waals surface area contributed by atoms with Crippen molar-refractivity contribution in [2.45, 2.75) is 25.1 Å². The molecule has 4 nitrogen and oxygen atoms in total. The highest BCUT2D eigenvalue weighted by Crippen LogP contribution is 2.40. The predicted octanol–water partition coefficient (Wildman–Crippen LogP) is 4.18. The number of hydrogen-bond acceptors (Lipinski definition) is 4. The number of piperazine rings is 1. The lowest BCUT2D eigenvalue weighted by Crippen LogP contribution is -2.45. The molecule has 0 unspecified atom stereocenters. The van der Waals surface area contributed by atoms with E-state index in [2.05, 4.69) is 26.1 Å². The summed E-state index contributed by atoms with van der Waals surface area (Å²) in [4.78, 5) is 2.09. The van der Waals surface area contributed by atoms with E-state index in [-0.39, 0.29) is 24.9 Å². The van der Waals surface area contributed by atoms with Crippen LogP contribution in [0.2, 0.25) is 0 Å². The van der Waals surface area contributed by atoms with Crippen LogP contribution >= 0.6 is 28.3 Å². The smallest absolute Gasteiger partial charge is 0.389 e. The maximum absolute atomic E-state index is 12.8. The van der Waals surface area contributed by atoms with Crippen LogP contribution in [0.3, 0.4) is 0 Å². The molecule has 2 rings (SSSR count). The fourth-order valence-electron chi connectivity index (χ4n) is 2.95. The number of hydrogen-bond donors (Lipinski definition) is 1. The molecule has 1 atom stereocenters. The van der Waals surface area contributed by atoms with E-state index in [1.165, 1.54) is 14.2 Å². The number of halogens is 5. The maximum Gasteiger partial charge on any atom is 0.389 e. The van der Waals surface area contributed by atoms with Crippen molar-refractivity contribution in [3.05, 3.63) is 22.2 Å². The molecule has 25 heavy (non-hydrogen) atoms. The highest BCUT2D eigenvalue weighted by atomic mass is 79.9. The van der Waals surface area contributed by atoms with Gasteiger partial charge in [-0.15, -0.1) is 12.4 Å². The molecule has 0 aliphatic carbocycles. The summed E-state index contributed by atoms with van der Waals surface area (Å²) in [5.74, 6) is 1.06. The van der Waals surface area contributed by atoms with Crippen LogP contribution in [0.4, 0.5) is 13.2 Å². The first kappa shape index (κ1) is 22.3. The minimum atomic E-state index is -4.17. The molecule has 0 saturated carbocycles. The van der Waals surface area contributed by atoms with Gasteiger partial charge < -0.3 is 14.8 Å². The Kier molecular flexibility index (Phi) is 8.80. The molecule has 1 aromatic rings. The Morgan fingerprint density at radius 2 is 1.72 bits per heavy atom. The van der Waals surface area contributed by atoms with Crippen LogP contribution in [-0.2, 0) is 0 Å². The van der Waals surface area contributed by atoms with Gasteiger partial charge in [0.2, 0.25) is 0 Å². The molecule has 0 aromatic heterocycles. The summed E-state index contributed by atoms with van der Waals surface area (Å²) in [5, 5.41) is 3.23. The SMILES string of the molecule is COc1cc(Br)c([C@H](CCC(F)(F)F)N2CCNCC2)cc1OC.Cl. The third kappa shape index (κ3) is 6.20. The van der Waals surface area contributed by atoms with Crippen molar-refractivity contribution >= 4 is 28.3 Å². The molecule has 1 aliphatic heterocycles. The Hall–Kier alpha value is -0.700. The van der Waals surface area contributed by atoms with E-state index in [0.29, 0.717) is 24.6 Å². The molecular weight excluding hydrogens is 425 g/mol. The monoisotopic (exact) mass is 446 g/mol. The zero-order valence-electron chi connectivity index (χ0n) is 14.2. The first-order chi connectivity index (χ1) is 11.4. The van der Waals surface area contributed by atoms with Gasteiger partial charge in [-0.25, -0.2) is 0 Å². The zero-order valence-corrected chi connectivity index (χ0v) is 16.6.